The number of hydrogen-bond acceptors (Lipinski definition) is 6. The second-order valence-electron chi connectivity index (χ2n) is 6.28. The van der Waals surface area contributed by atoms with Gasteiger partial charge in [0.2, 0.25) is 5.91 Å². The number of carbonyl (C=O) groups excluding carboxylic acids is 2. The van der Waals surface area contributed by atoms with Crippen LogP contribution in [0.1, 0.15) is 13.3 Å². The molecule has 0 bridgehead atoms. The summed E-state index contributed by atoms with van der Waals surface area (Å²) in [6.07, 6.45) is -0.908. The largest absolute Gasteiger partial charge is 0.443 e. The minimum Gasteiger partial charge on any atom is -0.443 e. The maximum atomic E-state index is 14.7. The third-order valence-electron chi connectivity index (χ3n) is 4.53. The molecule has 0 aliphatic carbocycles. The zero-order valence-corrected chi connectivity index (χ0v) is 15.0. The number of ether oxygens (including phenoxy) is 1. The maximum Gasteiger partial charge on any atom is 0.414 e. The molecule has 148 valence electrons. The number of nitrogens with two attached hydrogens (primary N) is 1. The smallest absolute Gasteiger partial charge is 0.414 e. The number of anilines is 2. The fraction of sp³-hybridized carbons (Fsp3) is 0.529. The van der Waals surface area contributed by atoms with Gasteiger partial charge in [0.05, 0.1) is 25.4 Å². The Hall–Kier alpha value is -2.46. The van der Waals surface area contributed by atoms with Crippen LogP contribution in [0.15, 0.2) is 12.1 Å². The molecule has 0 aromatic heterocycles. The van der Waals surface area contributed by atoms with Crippen molar-refractivity contribution in [2.75, 3.05) is 49.1 Å². The van der Waals surface area contributed by atoms with Gasteiger partial charge in [0.15, 0.2) is 11.6 Å². The van der Waals surface area contributed by atoms with Crippen molar-refractivity contribution >= 4 is 23.4 Å². The number of rotatable bonds is 4. The molecule has 2 fully saturated rings. The zero-order valence-electron chi connectivity index (χ0n) is 15.0. The number of halogens is 2. The van der Waals surface area contributed by atoms with Crippen LogP contribution in [0.25, 0.3) is 0 Å². The van der Waals surface area contributed by atoms with Crippen molar-refractivity contribution in [1.82, 2.24) is 5.06 Å². The number of benzene rings is 1. The third-order valence-corrected chi connectivity index (χ3v) is 4.53. The molecular weight excluding hydrogens is 362 g/mol. The lowest BCUT2D eigenvalue weighted by Crippen LogP contribution is -2.34. The molecular formula is C17H22F2N4O4. The van der Waals surface area contributed by atoms with Gasteiger partial charge in [0.1, 0.15) is 11.8 Å². The number of hydroxylamine groups is 2. The Labute approximate surface area is 155 Å². The van der Waals surface area contributed by atoms with Crippen LogP contribution < -0.4 is 15.5 Å². The van der Waals surface area contributed by atoms with Crippen molar-refractivity contribution in [3.8, 4) is 0 Å². The molecule has 27 heavy (non-hydrogen) atoms. The summed E-state index contributed by atoms with van der Waals surface area (Å²) in [5, 5.41) is 1.22. The molecule has 1 aromatic rings. The van der Waals surface area contributed by atoms with E-state index in [2.05, 4.69) is 0 Å². The molecule has 3 rings (SSSR count). The van der Waals surface area contributed by atoms with Crippen molar-refractivity contribution < 1.29 is 27.9 Å². The second-order valence-corrected chi connectivity index (χ2v) is 6.28. The van der Waals surface area contributed by atoms with E-state index in [9.17, 15) is 18.4 Å². The minimum absolute atomic E-state index is 0.0727. The number of nitrogens with zero attached hydrogens (tertiary/aromatic N) is 3. The lowest BCUT2D eigenvalue weighted by Gasteiger charge is -2.24. The molecule has 1 aromatic carbocycles. The molecule has 10 heteroatoms. The first-order valence-electron chi connectivity index (χ1n) is 8.80. The summed E-state index contributed by atoms with van der Waals surface area (Å²) in [5.41, 5.74) is 5.34. The van der Waals surface area contributed by atoms with E-state index in [-0.39, 0.29) is 63.0 Å². The Kier molecular flexibility index (Phi) is 5.76. The molecule has 2 saturated heterocycles. The van der Waals surface area contributed by atoms with Crippen LogP contribution in [0.3, 0.4) is 0 Å². The van der Waals surface area contributed by atoms with Crippen LogP contribution in [0.2, 0.25) is 0 Å². The maximum absolute atomic E-state index is 14.7. The Morgan fingerprint density at radius 2 is 1.96 bits per heavy atom. The van der Waals surface area contributed by atoms with Gasteiger partial charge in [-0.05, 0) is 0 Å². The van der Waals surface area contributed by atoms with Crippen LogP contribution in [-0.4, -0.2) is 62.5 Å². The second kappa shape index (κ2) is 8.05. The molecule has 0 unspecified atom stereocenters. The molecule has 2 aliphatic rings. The lowest BCUT2D eigenvalue weighted by atomic mass is 10.2. The number of hydrogen-bond donors (Lipinski definition) is 1. The van der Waals surface area contributed by atoms with Gasteiger partial charge in [-0.3, -0.25) is 14.5 Å². The molecule has 8 nitrogen and oxygen atoms in total. The van der Waals surface area contributed by atoms with Crippen molar-refractivity contribution in [2.45, 2.75) is 19.4 Å². The van der Waals surface area contributed by atoms with Gasteiger partial charge in [0, 0.05) is 38.2 Å². The molecule has 2 heterocycles. The predicted octanol–water partition coefficient (Wildman–Crippen LogP) is 1.24. The summed E-state index contributed by atoms with van der Waals surface area (Å²) in [6.45, 7) is 2.75. The average molecular weight is 384 g/mol. The first-order chi connectivity index (χ1) is 12.9. The van der Waals surface area contributed by atoms with Gasteiger partial charge in [-0.25, -0.2) is 18.6 Å². The van der Waals surface area contributed by atoms with E-state index < -0.39 is 23.8 Å². The van der Waals surface area contributed by atoms with Gasteiger partial charge in [-0.15, -0.1) is 0 Å². The zero-order chi connectivity index (χ0) is 19.6. The van der Waals surface area contributed by atoms with E-state index >= 15 is 0 Å². The Balaban J connectivity index is 1.79. The van der Waals surface area contributed by atoms with Crippen LogP contribution in [0, 0.1) is 11.6 Å². The van der Waals surface area contributed by atoms with Gasteiger partial charge < -0.3 is 15.4 Å². The highest BCUT2D eigenvalue weighted by molar-refractivity contribution is 5.90. The first-order valence-corrected chi connectivity index (χ1v) is 8.80. The normalized spacial score (nSPS) is 20.7. The number of carbonyl (C=O) groups is 2. The summed E-state index contributed by atoms with van der Waals surface area (Å²) in [7, 11) is 0. The minimum atomic E-state index is -0.802. The Morgan fingerprint density at radius 1 is 1.26 bits per heavy atom. The Morgan fingerprint density at radius 3 is 2.56 bits per heavy atom. The average Bonchev–Trinajstić information content (AvgIpc) is 2.86. The summed E-state index contributed by atoms with van der Waals surface area (Å²) in [6, 6.07) is 2.19. The number of cyclic esters (lactones) is 1. The summed E-state index contributed by atoms with van der Waals surface area (Å²) >= 11 is 0. The van der Waals surface area contributed by atoms with E-state index in [4.69, 9.17) is 15.3 Å². The van der Waals surface area contributed by atoms with Crippen LogP contribution in [-0.2, 0) is 14.4 Å². The summed E-state index contributed by atoms with van der Waals surface area (Å²) in [5.74, 6) is -1.79. The molecule has 0 radical (unpaired) electrons. The molecule has 2 aliphatic heterocycles. The molecule has 2 N–H and O–H groups in total. The molecule has 2 amide bonds. The monoisotopic (exact) mass is 384 g/mol. The highest BCUT2D eigenvalue weighted by atomic mass is 19.1. The van der Waals surface area contributed by atoms with Gasteiger partial charge in [-0.2, -0.15) is 0 Å². The topological polar surface area (TPSA) is 88.3 Å². The first kappa shape index (κ1) is 19.3. The van der Waals surface area contributed by atoms with Crippen LogP contribution in [0.4, 0.5) is 25.0 Å². The quantitative estimate of drug-likeness (QED) is 0.840. The van der Waals surface area contributed by atoms with Gasteiger partial charge in [0.25, 0.3) is 0 Å². The third kappa shape index (κ3) is 3.96. The highest BCUT2D eigenvalue weighted by Crippen LogP contribution is 2.31. The van der Waals surface area contributed by atoms with E-state index in [0.29, 0.717) is 0 Å². The Bertz CT molecular complexity index is 710. The van der Waals surface area contributed by atoms with Crippen molar-refractivity contribution in [3.05, 3.63) is 23.8 Å². The number of amides is 2. The van der Waals surface area contributed by atoms with E-state index in [0.717, 1.165) is 17.0 Å². The molecule has 1 atom stereocenters. The van der Waals surface area contributed by atoms with Crippen molar-refractivity contribution in [3.63, 3.8) is 0 Å². The van der Waals surface area contributed by atoms with Crippen molar-refractivity contribution in [1.29, 1.82) is 0 Å². The van der Waals surface area contributed by atoms with E-state index in [1.807, 2.05) is 0 Å². The fourth-order valence-electron chi connectivity index (χ4n) is 3.11. The summed E-state index contributed by atoms with van der Waals surface area (Å²) < 4.78 is 34.4. The predicted molar refractivity (Wildman–Crippen MR) is 93.2 cm³/mol. The van der Waals surface area contributed by atoms with E-state index in [1.54, 1.807) is 6.92 Å². The molecule has 0 spiro atoms. The fourth-order valence-corrected chi connectivity index (χ4v) is 3.11. The van der Waals surface area contributed by atoms with Crippen LogP contribution >= 0.6 is 0 Å². The highest BCUT2D eigenvalue weighted by Gasteiger charge is 2.33. The van der Waals surface area contributed by atoms with Crippen LogP contribution in [0.5, 0.6) is 0 Å². The SMILES string of the molecule is CCC(=O)N1CCN(c2c(F)cc(N3C[C@H](CN)OC3=O)cc2F)CCO1. The van der Waals surface area contributed by atoms with E-state index in [1.165, 1.54) is 9.96 Å². The summed E-state index contributed by atoms with van der Waals surface area (Å²) in [4.78, 5) is 31.6. The van der Waals surface area contributed by atoms with Gasteiger partial charge >= 0.3 is 6.09 Å². The van der Waals surface area contributed by atoms with Crippen molar-refractivity contribution in [2.24, 2.45) is 5.73 Å². The standard InChI is InChI=1S/C17H22F2N4O4/c1-2-15(24)23-4-3-21(5-6-26-23)16-13(18)7-11(8-14(16)19)22-10-12(9-20)27-17(22)25/h7-8,12H,2-6,9-10,20H2,1H3/t12-/m0/s1. The lowest BCUT2D eigenvalue weighted by molar-refractivity contribution is -0.181. The van der Waals surface area contributed by atoms with Gasteiger partial charge in [-0.1, -0.05) is 6.92 Å². The molecule has 0 saturated carbocycles.